The van der Waals surface area contributed by atoms with Gasteiger partial charge in [-0.3, -0.25) is 4.98 Å². The van der Waals surface area contributed by atoms with Gasteiger partial charge in [-0.15, -0.1) is 0 Å². The second kappa shape index (κ2) is 6.53. The molecule has 1 aromatic heterocycles. The van der Waals surface area contributed by atoms with Crippen molar-refractivity contribution in [1.82, 2.24) is 4.98 Å². The molecule has 2 aromatic rings. The van der Waals surface area contributed by atoms with E-state index in [1.807, 2.05) is 13.0 Å². The Hall–Kier alpha value is -1.87. The molecular weight excluding hydrogens is 246 g/mol. The maximum atomic E-state index is 6.04. The van der Waals surface area contributed by atoms with Gasteiger partial charge in [-0.05, 0) is 43.2 Å². The lowest BCUT2D eigenvalue weighted by molar-refractivity contribution is 0.698. The van der Waals surface area contributed by atoms with Crippen molar-refractivity contribution in [2.24, 2.45) is 5.73 Å². The molecule has 0 saturated carbocycles. The highest BCUT2D eigenvalue weighted by molar-refractivity contribution is 5.47. The number of aryl methyl sites for hydroxylation is 1. The highest BCUT2D eigenvalue weighted by atomic mass is 15.1. The van der Waals surface area contributed by atoms with E-state index in [0.29, 0.717) is 0 Å². The van der Waals surface area contributed by atoms with E-state index in [4.69, 9.17) is 5.73 Å². The first kappa shape index (κ1) is 14.5. The smallest absolute Gasteiger partial charge is 0.0600 e. The first-order valence-electron chi connectivity index (χ1n) is 7.09. The molecule has 1 atom stereocenters. The average Bonchev–Trinajstić information content (AvgIpc) is 2.46. The fourth-order valence-corrected chi connectivity index (χ4v) is 2.23. The van der Waals surface area contributed by atoms with E-state index >= 15 is 0 Å². The second-order valence-corrected chi connectivity index (χ2v) is 5.23. The van der Waals surface area contributed by atoms with Gasteiger partial charge in [-0.2, -0.15) is 0 Å². The molecular formula is C17H23N3. The topological polar surface area (TPSA) is 42.1 Å². The van der Waals surface area contributed by atoms with Gasteiger partial charge in [-0.25, -0.2) is 0 Å². The number of rotatable bonds is 5. The van der Waals surface area contributed by atoms with Gasteiger partial charge in [0.2, 0.25) is 0 Å². The Morgan fingerprint density at radius 2 is 1.85 bits per heavy atom. The van der Waals surface area contributed by atoms with Crippen molar-refractivity contribution in [3.63, 3.8) is 0 Å². The first-order valence-corrected chi connectivity index (χ1v) is 7.09. The standard InChI is InChI=1S/C17H23N3/c1-4-17(18)14-8-10-16(11-9-14)20(3)12-15-7-5-6-13(2)19-15/h5-11,17H,4,12,18H2,1-3H3/t17-/m0/s1. The summed E-state index contributed by atoms with van der Waals surface area (Å²) in [7, 11) is 2.08. The van der Waals surface area contributed by atoms with Gasteiger partial charge in [0.05, 0.1) is 12.2 Å². The third-order valence-corrected chi connectivity index (χ3v) is 3.55. The van der Waals surface area contributed by atoms with Gasteiger partial charge in [0.1, 0.15) is 0 Å². The predicted octanol–water partition coefficient (Wildman–Crippen LogP) is 3.44. The number of hydrogen-bond acceptors (Lipinski definition) is 3. The molecule has 0 aliphatic rings. The van der Waals surface area contributed by atoms with Gasteiger partial charge in [-0.1, -0.05) is 25.1 Å². The SMILES string of the molecule is CC[C@H](N)c1ccc(N(C)Cc2cccc(C)n2)cc1. The summed E-state index contributed by atoms with van der Waals surface area (Å²) in [6.07, 6.45) is 0.961. The van der Waals surface area contributed by atoms with Crippen LogP contribution in [0.15, 0.2) is 42.5 Å². The van der Waals surface area contributed by atoms with Crippen molar-refractivity contribution in [2.45, 2.75) is 32.9 Å². The Balaban J connectivity index is 2.07. The lowest BCUT2D eigenvalue weighted by Gasteiger charge is -2.20. The van der Waals surface area contributed by atoms with E-state index in [1.165, 1.54) is 11.3 Å². The summed E-state index contributed by atoms with van der Waals surface area (Å²) in [5, 5.41) is 0. The summed E-state index contributed by atoms with van der Waals surface area (Å²) in [5.41, 5.74) is 10.6. The molecule has 3 nitrogen and oxygen atoms in total. The monoisotopic (exact) mass is 269 g/mol. The molecule has 0 aliphatic heterocycles. The van der Waals surface area contributed by atoms with E-state index in [9.17, 15) is 0 Å². The van der Waals surface area contributed by atoms with E-state index in [2.05, 4.69) is 60.3 Å². The molecule has 0 fully saturated rings. The molecule has 0 saturated heterocycles. The quantitative estimate of drug-likeness (QED) is 0.904. The maximum absolute atomic E-state index is 6.04. The zero-order valence-corrected chi connectivity index (χ0v) is 12.5. The minimum atomic E-state index is 0.132. The Labute approximate surface area is 121 Å². The highest BCUT2D eigenvalue weighted by Gasteiger charge is 2.06. The summed E-state index contributed by atoms with van der Waals surface area (Å²) in [6, 6.07) is 14.7. The molecule has 1 heterocycles. The minimum absolute atomic E-state index is 0.132. The molecule has 3 heteroatoms. The summed E-state index contributed by atoms with van der Waals surface area (Å²) in [5.74, 6) is 0. The van der Waals surface area contributed by atoms with Crippen LogP contribution in [0.25, 0.3) is 0 Å². The molecule has 0 amide bonds. The summed E-state index contributed by atoms with van der Waals surface area (Å²) in [6.45, 7) is 4.93. The van der Waals surface area contributed by atoms with Gasteiger partial charge in [0.25, 0.3) is 0 Å². The second-order valence-electron chi connectivity index (χ2n) is 5.23. The van der Waals surface area contributed by atoms with Crippen LogP contribution in [0.3, 0.4) is 0 Å². The van der Waals surface area contributed by atoms with Crippen molar-refractivity contribution in [1.29, 1.82) is 0 Å². The molecule has 0 unspecified atom stereocenters. The molecule has 20 heavy (non-hydrogen) atoms. The van der Waals surface area contributed by atoms with Crippen LogP contribution in [0.4, 0.5) is 5.69 Å². The van der Waals surface area contributed by atoms with Crippen molar-refractivity contribution in [3.8, 4) is 0 Å². The fourth-order valence-electron chi connectivity index (χ4n) is 2.23. The molecule has 0 spiro atoms. The largest absolute Gasteiger partial charge is 0.369 e. The van der Waals surface area contributed by atoms with Crippen LogP contribution in [0.5, 0.6) is 0 Å². The molecule has 0 radical (unpaired) electrons. The summed E-state index contributed by atoms with van der Waals surface area (Å²) < 4.78 is 0. The molecule has 106 valence electrons. The van der Waals surface area contributed by atoms with Crippen LogP contribution in [-0.4, -0.2) is 12.0 Å². The number of nitrogens with zero attached hydrogens (tertiary/aromatic N) is 2. The van der Waals surface area contributed by atoms with Gasteiger partial charge < -0.3 is 10.6 Å². The Morgan fingerprint density at radius 3 is 2.45 bits per heavy atom. The molecule has 2 rings (SSSR count). The summed E-state index contributed by atoms with van der Waals surface area (Å²) in [4.78, 5) is 6.73. The molecule has 0 bridgehead atoms. The van der Waals surface area contributed by atoms with E-state index < -0.39 is 0 Å². The van der Waals surface area contributed by atoms with Crippen LogP contribution in [0.1, 0.15) is 36.3 Å². The zero-order chi connectivity index (χ0) is 14.5. The highest BCUT2D eigenvalue weighted by Crippen LogP contribution is 2.20. The van der Waals surface area contributed by atoms with Crippen molar-refractivity contribution in [3.05, 3.63) is 59.4 Å². The van der Waals surface area contributed by atoms with Crippen molar-refractivity contribution < 1.29 is 0 Å². The van der Waals surface area contributed by atoms with Crippen LogP contribution in [0.2, 0.25) is 0 Å². The molecule has 1 aromatic carbocycles. The number of hydrogen-bond donors (Lipinski definition) is 1. The Bertz CT molecular complexity index is 548. The average molecular weight is 269 g/mol. The van der Waals surface area contributed by atoms with Crippen LogP contribution >= 0.6 is 0 Å². The summed E-state index contributed by atoms with van der Waals surface area (Å²) >= 11 is 0. The van der Waals surface area contributed by atoms with E-state index in [-0.39, 0.29) is 6.04 Å². The van der Waals surface area contributed by atoms with E-state index in [1.54, 1.807) is 0 Å². The Kier molecular flexibility index (Phi) is 4.74. The third-order valence-electron chi connectivity index (χ3n) is 3.55. The van der Waals surface area contributed by atoms with Gasteiger partial charge >= 0.3 is 0 Å². The van der Waals surface area contributed by atoms with Gasteiger partial charge in [0.15, 0.2) is 0 Å². The van der Waals surface area contributed by atoms with Crippen LogP contribution < -0.4 is 10.6 Å². The maximum Gasteiger partial charge on any atom is 0.0600 e. The van der Waals surface area contributed by atoms with E-state index in [0.717, 1.165) is 24.4 Å². The number of nitrogens with two attached hydrogens (primary N) is 1. The molecule has 2 N–H and O–H groups in total. The number of pyridine rings is 1. The molecule has 0 aliphatic carbocycles. The predicted molar refractivity (Wildman–Crippen MR) is 84.7 cm³/mol. The zero-order valence-electron chi connectivity index (χ0n) is 12.5. The van der Waals surface area contributed by atoms with Crippen LogP contribution in [-0.2, 0) is 6.54 Å². The Morgan fingerprint density at radius 1 is 1.15 bits per heavy atom. The van der Waals surface area contributed by atoms with Crippen LogP contribution in [0, 0.1) is 6.92 Å². The fraction of sp³-hybridized carbons (Fsp3) is 0.353. The normalized spacial score (nSPS) is 12.2. The third kappa shape index (κ3) is 3.58. The van der Waals surface area contributed by atoms with Crippen molar-refractivity contribution in [2.75, 3.05) is 11.9 Å². The van der Waals surface area contributed by atoms with Crippen molar-refractivity contribution >= 4 is 5.69 Å². The number of aromatic nitrogens is 1. The van der Waals surface area contributed by atoms with Gasteiger partial charge in [0, 0.05) is 24.5 Å². The minimum Gasteiger partial charge on any atom is -0.369 e. The lowest BCUT2D eigenvalue weighted by atomic mass is 10.1. The number of anilines is 1. The lowest BCUT2D eigenvalue weighted by Crippen LogP contribution is -2.17. The first-order chi connectivity index (χ1) is 9.60. The number of benzene rings is 1.